The van der Waals surface area contributed by atoms with Crippen molar-refractivity contribution < 1.29 is 9.90 Å². The van der Waals surface area contributed by atoms with Gasteiger partial charge in [0.2, 0.25) is 0 Å². The number of thioether (sulfide) groups is 1. The first kappa shape index (κ1) is 18.4. The zero-order valence-electron chi connectivity index (χ0n) is 12.3. The molecule has 4 nitrogen and oxygen atoms in total. The molecule has 1 saturated heterocycles. The SMILES string of the molecule is O=C1/C(=C\c2ccccc2O)SC(=S)N1Nc1c(Cl)cc(Cl)cc1Cl. The van der Waals surface area contributed by atoms with E-state index in [2.05, 4.69) is 5.43 Å². The Hall–Kier alpha value is -1.44. The van der Waals surface area contributed by atoms with E-state index in [1.807, 2.05) is 0 Å². The fraction of sp³-hybridized carbons (Fsp3) is 0. The van der Waals surface area contributed by atoms with Gasteiger partial charge in [0.1, 0.15) is 5.75 Å². The van der Waals surface area contributed by atoms with Gasteiger partial charge in [-0.05, 0) is 36.5 Å². The Labute approximate surface area is 168 Å². The number of hydrogen-bond acceptors (Lipinski definition) is 5. The summed E-state index contributed by atoms with van der Waals surface area (Å²) >= 11 is 24.5. The number of phenolic OH excluding ortho intramolecular Hbond substituents is 1. The maximum absolute atomic E-state index is 12.6. The molecule has 0 aromatic heterocycles. The Morgan fingerprint density at radius 2 is 1.80 bits per heavy atom. The molecule has 0 bridgehead atoms. The van der Waals surface area contributed by atoms with E-state index in [-0.39, 0.29) is 26.0 Å². The number of amides is 1. The summed E-state index contributed by atoms with van der Waals surface area (Å²) in [4.78, 5) is 13.0. The van der Waals surface area contributed by atoms with Gasteiger partial charge in [-0.3, -0.25) is 10.2 Å². The first-order chi connectivity index (χ1) is 11.9. The molecular weight excluding hydrogens is 423 g/mol. The highest BCUT2D eigenvalue weighted by atomic mass is 35.5. The highest BCUT2D eigenvalue weighted by Gasteiger charge is 2.33. The molecule has 0 radical (unpaired) electrons. The van der Waals surface area contributed by atoms with E-state index in [4.69, 9.17) is 47.0 Å². The molecule has 1 fully saturated rings. The Morgan fingerprint density at radius 3 is 2.44 bits per heavy atom. The van der Waals surface area contributed by atoms with Crippen molar-refractivity contribution >= 4 is 80.8 Å². The predicted molar refractivity (Wildman–Crippen MR) is 108 cm³/mol. The van der Waals surface area contributed by atoms with E-state index in [0.717, 1.165) is 11.8 Å². The Morgan fingerprint density at radius 1 is 1.16 bits per heavy atom. The number of aromatic hydroxyl groups is 1. The first-order valence-electron chi connectivity index (χ1n) is 6.84. The molecule has 25 heavy (non-hydrogen) atoms. The monoisotopic (exact) mass is 430 g/mol. The van der Waals surface area contributed by atoms with Gasteiger partial charge in [0, 0.05) is 10.6 Å². The van der Waals surface area contributed by atoms with E-state index >= 15 is 0 Å². The lowest BCUT2D eigenvalue weighted by molar-refractivity contribution is -0.121. The lowest BCUT2D eigenvalue weighted by Gasteiger charge is -2.19. The van der Waals surface area contributed by atoms with Crippen LogP contribution in [0, 0.1) is 0 Å². The number of nitrogens with one attached hydrogen (secondary N) is 1. The van der Waals surface area contributed by atoms with E-state index in [1.54, 1.807) is 24.3 Å². The fourth-order valence-electron chi connectivity index (χ4n) is 2.08. The van der Waals surface area contributed by atoms with Crippen LogP contribution in [0.1, 0.15) is 5.56 Å². The number of halogens is 3. The van der Waals surface area contributed by atoms with Gasteiger partial charge in [-0.2, -0.15) is 0 Å². The molecule has 0 saturated carbocycles. The normalized spacial score (nSPS) is 16.0. The van der Waals surface area contributed by atoms with Crippen LogP contribution in [-0.2, 0) is 4.79 Å². The highest BCUT2D eigenvalue weighted by Crippen LogP contribution is 2.38. The summed E-state index contributed by atoms with van der Waals surface area (Å²) in [6, 6.07) is 9.71. The molecule has 1 amide bonds. The average molecular weight is 432 g/mol. The second-order valence-electron chi connectivity index (χ2n) is 4.93. The molecule has 2 aromatic rings. The van der Waals surface area contributed by atoms with E-state index < -0.39 is 0 Å². The molecular formula is C16H9Cl3N2O2S2. The van der Waals surface area contributed by atoms with Crippen molar-refractivity contribution in [3.63, 3.8) is 0 Å². The number of hydrazine groups is 1. The number of anilines is 1. The molecule has 2 N–H and O–H groups in total. The van der Waals surface area contributed by atoms with Gasteiger partial charge in [-0.25, -0.2) is 5.01 Å². The number of rotatable bonds is 3. The molecule has 1 aliphatic heterocycles. The maximum Gasteiger partial charge on any atom is 0.285 e. The van der Waals surface area contributed by atoms with Crippen LogP contribution in [-0.4, -0.2) is 20.3 Å². The third-order valence-electron chi connectivity index (χ3n) is 3.25. The van der Waals surface area contributed by atoms with Gasteiger partial charge in [0.05, 0.1) is 20.6 Å². The van der Waals surface area contributed by atoms with Crippen molar-refractivity contribution in [2.45, 2.75) is 0 Å². The maximum atomic E-state index is 12.6. The quantitative estimate of drug-likeness (QED) is 0.491. The summed E-state index contributed by atoms with van der Waals surface area (Å²) in [5.41, 5.74) is 3.68. The third kappa shape index (κ3) is 3.88. The summed E-state index contributed by atoms with van der Waals surface area (Å²) in [5, 5.41) is 11.9. The number of para-hydroxylation sites is 1. The minimum Gasteiger partial charge on any atom is -0.507 e. The van der Waals surface area contributed by atoms with Crippen LogP contribution in [0.15, 0.2) is 41.3 Å². The molecule has 1 aliphatic rings. The van der Waals surface area contributed by atoms with Crippen LogP contribution in [0.2, 0.25) is 15.1 Å². The minimum absolute atomic E-state index is 0.0736. The summed E-state index contributed by atoms with van der Waals surface area (Å²) in [5.74, 6) is -0.301. The van der Waals surface area contributed by atoms with Crippen LogP contribution >= 0.6 is 58.8 Å². The molecule has 128 valence electrons. The summed E-state index contributed by atoms with van der Waals surface area (Å²) in [6.45, 7) is 0. The average Bonchev–Trinajstić information content (AvgIpc) is 2.80. The summed E-state index contributed by atoms with van der Waals surface area (Å²) in [7, 11) is 0. The van der Waals surface area contributed by atoms with Gasteiger partial charge in [-0.15, -0.1) is 0 Å². The number of benzene rings is 2. The van der Waals surface area contributed by atoms with Crippen LogP contribution in [0.4, 0.5) is 5.69 Å². The van der Waals surface area contributed by atoms with E-state index in [0.29, 0.717) is 21.2 Å². The second kappa shape index (κ2) is 7.43. The zero-order valence-corrected chi connectivity index (χ0v) is 16.2. The molecule has 9 heteroatoms. The number of thiocarbonyl (C=S) groups is 1. The molecule has 1 heterocycles. The fourth-order valence-corrected chi connectivity index (χ4v) is 4.15. The van der Waals surface area contributed by atoms with Gasteiger partial charge in [0.25, 0.3) is 5.91 Å². The smallest absolute Gasteiger partial charge is 0.285 e. The molecule has 0 atom stereocenters. The van der Waals surface area contributed by atoms with E-state index in [1.165, 1.54) is 23.2 Å². The summed E-state index contributed by atoms with van der Waals surface area (Å²) < 4.78 is 0.286. The van der Waals surface area contributed by atoms with Gasteiger partial charge in [0.15, 0.2) is 4.32 Å². The Bertz CT molecular complexity index is 895. The molecule has 0 unspecified atom stereocenters. The Balaban J connectivity index is 1.89. The van der Waals surface area contributed by atoms with Crippen molar-refractivity contribution in [2.24, 2.45) is 0 Å². The van der Waals surface area contributed by atoms with Gasteiger partial charge < -0.3 is 5.11 Å². The van der Waals surface area contributed by atoms with Gasteiger partial charge in [-0.1, -0.05) is 64.8 Å². The standard InChI is InChI=1S/C16H9Cl3N2O2S2/c17-9-6-10(18)14(11(19)7-9)20-21-15(23)13(25-16(21)24)5-8-3-1-2-4-12(8)22/h1-7,20,22H/b13-5+. The van der Waals surface area contributed by atoms with Gasteiger partial charge >= 0.3 is 0 Å². The molecule has 0 aliphatic carbocycles. The lowest BCUT2D eigenvalue weighted by Crippen LogP contribution is -2.34. The van der Waals surface area contributed by atoms with Crippen LogP contribution < -0.4 is 5.43 Å². The third-order valence-corrected chi connectivity index (χ3v) is 5.36. The number of hydrogen-bond donors (Lipinski definition) is 2. The molecule has 2 aromatic carbocycles. The van der Waals surface area contributed by atoms with Crippen LogP contribution in [0.5, 0.6) is 5.75 Å². The number of carbonyl (C=O) groups is 1. The van der Waals surface area contributed by atoms with Crippen molar-refractivity contribution in [2.75, 3.05) is 5.43 Å². The van der Waals surface area contributed by atoms with E-state index in [9.17, 15) is 9.90 Å². The molecule has 0 spiro atoms. The topological polar surface area (TPSA) is 52.6 Å². The summed E-state index contributed by atoms with van der Waals surface area (Å²) in [6.07, 6.45) is 1.57. The Kier molecular flexibility index (Phi) is 5.46. The number of phenols is 1. The second-order valence-corrected chi connectivity index (χ2v) is 7.86. The highest BCUT2D eigenvalue weighted by molar-refractivity contribution is 8.26. The number of nitrogens with zero attached hydrogens (tertiary/aromatic N) is 1. The van der Waals surface area contributed by atoms with Crippen molar-refractivity contribution in [1.82, 2.24) is 5.01 Å². The van der Waals surface area contributed by atoms with Crippen molar-refractivity contribution in [3.05, 3.63) is 61.9 Å². The first-order valence-corrected chi connectivity index (χ1v) is 9.20. The van der Waals surface area contributed by atoms with Crippen molar-refractivity contribution in [1.29, 1.82) is 0 Å². The largest absolute Gasteiger partial charge is 0.507 e. The van der Waals surface area contributed by atoms with Crippen LogP contribution in [0.3, 0.4) is 0 Å². The lowest BCUT2D eigenvalue weighted by atomic mass is 10.2. The predicted octanol–water partition coefficient (Wildman–Crippen LogP) is 5.58. The number of carbonyl (C=O) groups excluding carboxylic acids is 1. The van der Waals surface area contributed by atoms with Crippen LogP contribution in [0.25, 0.3) is 6.08 Å². The van der Waals surface area contributed by atoms with Crippen molar-refractivity contribution in [3.8, 4) is 5.75 Å². The zero-order chi connectivity index (χ0) is 18.1. The minimum atomic E-state index is -0.375. The molecule has 3 rings (SSSR count).